The summed E-state index contributed by atoms with van der Waals surface area (Å²) in [5.74, 6) is -1.05. The van der Waals surface area contributed by atoms with Gasteiger partial charge in [0.2, 0.25) is 0 Å². The number of carbonyl (C=O) groups excluding carboxylic acids is 1. The van der Waals surface area contributed by atoms with Crippen molar-refractivity contribution in [1.82, 2.24) is 14.8 Å². The molecule has 1 heterocycles. The lowest BCUT2D eigenvalue weighted by Gasteiger charge is -2.28. The molecule has 2 amide bonds. The molecule has 0 aliphatic heterocycles. The first-order valence-corrected chi connectivity index (χ1v) is 6.35. The third-order valence-corrected chi connectivity index (χ3v) is 2.68. The molecule has 1 N–H and O–H groups in total. The molecule has 0 unspecified atom stereocenters. The number of carboxylic acids is 1. The fourth-order valence-electron chi connectivity index (χ4n) is 1.73. The van der Waals surface area contributed by atoms with E-state index in [2.05, 4.69) is 11.6 Å². The molecule has 108 valence electrons. The van der Waals surface area contributed by atoms with Crippen LogP contribution in [0.4, 0.5) is 4.79 Å². The van der Waals surface area contributed by atoms with Crippen LogP contribution in [0.5, 0.6) is 0 Å². The molecular formula is C14H19N3O3. The number of carboxylic acid groups (broad SMARTS) is 1. The molecule has 1 aromatic rings. The fraction of sp³-hybridized carbons (Fsp3) is 0.357. The van der Waals surface area contributed by atoms with Gasteiger partial charge in [-0.1, -0.05) is 12.1 Å². The highest BCUT2D eigenvalue weighted by Gasteiger charge is 2.21. The van der Waals surface area contributed by atoms with Crippen molar-refractivity contribution < 1.29 is 14.7 Å². The van der Waals surface area contributed by atoms with E-state index in [1.54, 1.807) is 17.2 Å². The van der Waals surface area contributed by atoms with E-state index in [-0.39, 0.29) is 19.1 Å². The van der Waals surface area contributed by atoms with E-state index < -0.39 is 5.97 Å². The maximum Gasteiger partial charge on any atom is 0.323 e. The normalized spacial score (nSPS) is 9.85. The number of aromatic nitrogens is 1. The van der Waals surface area contributed by atoms with Crippen LogP contribution in [0.15, 0.2) is 37.1 Å². The van der Waals surface area contributed by atoms with Crippen LogP contribution in [0.3, 0.4) is 0 Å². The summed E-state index contributed by atoms with van der Waals surface area (Å²) < 4.78 is 0. The van der Waals surface area contributed by atoms with Gasteiger partial charge in [-0.15, -0.1) is 6.58 Å². The number of hydrogen-bond acceptors (Lipinski definition) is 3. The van der Waals surface area contributed by atoms with Gasteiger partial charge in [0.05, 0.1) is 12.2 Å². The molecule has 0 saturated heterocycles. The van der Waals surface area contributed by atoms with E-state index in [0.717, 1.165) is 5.69 Å². The van der Waals surface area contributed by atoms with E-state index in [1.165, 1.54) is 11.0 Å². The van der Waals surface area contributed by atoms with Gasteiger partial charge in [0.15, 0.2) is 0 Å². The summed E-state index contributed by atoms with van der Waals surface area (Å²) in [6, 6.07) is 5.14. The Balaban J connectivity index is 2.77. The van der Waals surface area contributed by atoms with Gasteiger partial charge in [0, 0.05) is 19.3 Å². The van der Waals surface area contributed by atoms with Crippen LogP contribution < -0.4 is 0 Å². The molecule has 0 aliphatic rings. The Labute approximate surface area is 118 Å². The van der Waals surface area contributed by atoms with Crippen LogP contribution in [0.25, 0.3) is 0 Å². The van der Waals surface area contributed by atoms with Gasteiger partial charge >= 0.3 is 12.0 Å². The van der Waals surface area contributed by atoms with Crippen LogP contribution in [-0.2, 0) is 11.3 Å². The van der Waals surface area contributed by atoms with Gasteiger partial charge in [-0.25, -0.2) is 4.79 Å². The van der Waals surface area contributed by atoms with Crippen molar-refractivity contribution in [3.63, 3.8) is 0 Å². The van der Waals surface area contributed by atoms with Gasteiger partial charge in [-0.2, -0.15) is 0 Å². The van der Waals surface area contributed by atoms with Crippen molar-refractivity contribution in [2.75, 3.05) is 19.6 Å². The maximum absolute atomic E-state index is 12.3. The summed E-state index contributed by atoms with van der Waals surface area (Å²) in [6.07, 6.45) is 3.17. The lowest BCUT2D eigenvalue weighted by atomic mass is 10.3. The van der Waals surface area contributed by atoms with Gasteiger partial charge < -0.3 is 14.9 Å². The summed E-state index contributed by atoms with van der Waals surface area (Å²) in [5, 5.41) is 8.84. The first-order chi connectivity index (χ1) is 9.58. The van der Waals surface area contributed by atoms with Gasteiger partial charge in [0.25, 0.3) is 0 Å². The van der Waals surface area contributed by atoms with E-state index in [0.29, 0.717) is 13.1 Å². The summed E-state index contributed by atoms with van der Waals surface area (Å²) in [6.45, 7) is 6.06. The maximum atomic E-state index is 12.3. The number of amides is 2. The van der Waals surface area contributed by atoms with Crippen LogP contribution in [0, 0.1) is 0 Å². The second-order valence-corrected chi connectivity index (χ2v) is 4.18. The Bertz CT molecular complexity index is 462. The molecule has 0 aliphatic carbocycles. The average molecular weight is 277 g/mol. The molecule has 0 atom stereocenters. The highest BCUT2D eigenvalue weighted by molar-refractivity contribution is 5.80. The van der Waals surface area contributed by atoms with E-state index >= 15 is 0 Å². The lowest BCUT2D eigenvalue weighted by molar-refractivity contribution is -0.137. The summed E-state index contributed by atoms with van der Waals surface area (Å²) in [7, 11) is 0. The summed E-state index contributed by atoms with van der Waals surface area (Å²) >= 11 is 0. The second-order valence-electron chi connectivity index (χ2n) is 4.18. The van der Waals surface area contributed by atoms with Gasteiger partial charge in [0.1, 0.15) is 6.54 Å². The quantitative estimate of drug-likeness (QED) is 0.768. The van der Waals surface area contributed by atoms with E-state index in [1.807, 2.05) is 19.1 Å². The molecule has 0 aromatic carbocycles. The van der Waals surface area contributed by atoms with Crippen molar-refractivity contribution >= 4 is 12.0 Å². The Hall–Kier alpha value is -2.37. The van der Waals surface area contributed by atoms with Crippen LogP contribution in [0.1, 0.15) is 12.6 Å². The zero-order valence-corrected chi connectivity index (χ0v) is 11.5. The predicted octanol–water partition coefficient (Wildman–Crippen LogP) is 1.60. The van der Waals surface area contributed by atoms with Crippen LogP contribution >= 0.6 is 0 Å². The number of pyridine rings is 1. The van der Waals surface area contributed by atoms with Gasteiger partial charge in [-0.3, -0.25) is 9.78 Å². The highest BCUT2D eigenvalue weighted by Crippen LogP contribution is 2.05. The molecule has 1 rings (SSSR count). The Morgan fingerprint density at radius 3 is 2.65 bits per heavy atom. The van der Waals surface area contributed by atoms with Crippen LogP contribution in [0.2, 0.25) is 0 Å². The molecule has 20 heavy (non-hydrogen) atoms. The summed E-state index contributed by atoms with van der Waals surface area (Å²) in [5.41, 5.74) is 0.761. The molecule has 0 saturated carbocycles. The SMILES string of the molecule is C=CCN(CC(=O)O)C(=O)N(CC)Cc1ccccn1. The minimum Gasteiger partial charge on any atom is -0.480 e. The average Bonchev–Trinajstić information content (AvgIpc) is 2.44. The van der Waals surface area contributed by atoms with Gasteiger partial charge in [-0.05, 0) is 19.1 Å². The van der Waals surface area contributed by atoms with Crippen molar-refractivity contribution in [2.45, 2.75) is 13.5 Å². The van der Waals surface area contributed by atoms with Crippen molar-refractivity contribution in [2.24, 2.45) is 0 Å². The molecular weight excluding hydrogens is 258 g/mol. The first kappa shape index (κ1) is 15.7. The van der Waals surface area contributed by atoms with E-state index in [9.17, 15) is 9.59 Å². The number of nitrogens with zero attached hydrogens (tertiary/aromatic N) is 3. The highest BCUT2D eigenvalue weighted by atomic mass is 16.4. The Morgan fingerprint density at radius 1 is 1.40 bits per heavy atom. The molecule has 0 fully saturated rings. The molecule has 0 bridgehead atoms. The lowest BCUT2D eigenvalue weighted by Crippen LogP contribution is -2.45. The smallest absolute Gasteiger partial charge is 0.323 e. The first-order valence-electron chi connectivity index (χ1n) is 6.35. The fourth-order valence-corrected chi connectivity index (χ4v) is 1.73. The molecule has 0 radical (unpaired) electrons. The number of urea groups is 1. The number of hydrogen-bond donors (Lipinski definition) is 1. The molecule has 6 heteroatoms. The third kappa shape index (κ3) is 4.72. The topological polar surface area (TPSA) is 73.7 Å². The minimum absolute atomic E-state index is 0.198. The number of carbonyl (C=O) groups is 2. The Morgan fingerprint density at radius 2 is 2.15 bits per heavy atom. The molecule has 0 spiro atoms. The van der Waals surface area contributed by atoms with E-state index in [4.69, 9.17) is 5.11 Å². The summed E-state index contributed by atoms with van der Waals surface area (Å²) in [4.78, 5) is 30.1. The zero-order chi connectivity index (χ0) is 15.0. The third-order valence-electron chi connectivity index (χ3n) is 2.68. The second kappa shape index (κ2) is 7.93. The Kier molecular flexibility index (Phi) is 6.22. The largest absolute Gasteiger partial charge is 0.480 e. The van der Waals surface area contributed by atoms with Crippen molar-refractivity contribution in [1.29, 1.82) is 0 Å². The monoisotopic (exact) mass is 277 g/mol. The zero-order valence-electron chi connectivity index (χ0n) is 11.5. The molecule has 1 aromatic heterocycles. The number of rotatable bonds is 7. The number of aliphatic carboxylic acids is 1. The van der Waals surface area contributed by atoms with Crippen molar-refractivity contribution in [3.8, 4) is 0 Å². The van der Waals surface area contributed by atoms with Crippen molar-refractivity contribution in [3.05, 3.63) is 42.7 Å². The predicted molar refractivity (Wildman–Crippen MR) is 75.1 cm³/mol. The standard InChI is InChI=1S/C14H19N3O3/c1-3-9-17(11-13(18)19)14(20)16(4-2)10-12-7-5-6-8-15-12/h3,5-8H,1,4,9-11H2,2H3,(H,18,19). The molecule has 6 nitrogen and oxygen atoms in total. The van der Waals surface area contributed by atoms with Crippen LogP contribution in [-0.4, -0.2) is 51.5 Å². The minimum atomic E-state index is -1.05.